The molecule has 0 bridgehead atoms. The second-order valence-corrected chi connectivity index (χ2v) is 11.5. The molecule has 32 heavy (non-hydrogen) atoms. The summed E-state index contributed by atoms with van der Waals surface area (Å²) in [7, 11) is -3.12. The first kappa shape index (κ1) is 24.7. The highest BCUT2D eigenvalue weighted by molar-refractivity contribution is 7.91. The van der Waals surface area contributed by atoms with Crippen LogP contribution in [0.2, 0.25) is 0 Å². The third kappa shape index (κ3) is 6.33. The maximum absolute atomic E-state index is 13.4. The lowest BCUT2D eigenvalue weighted by Crippen LogP contribution is -2.23. The molecule has 4 nitrogen and oxygen atoms in total. The molecule has 0 fully saturated rings. The third-order valence-electron chi connectivity index (χ3n) is 5.88. The van der Waals surface area contributed by atoms with E-state index in [4.69, 9.17) is 5.11 Å². The summed E-state index contributed by atoms with van der Waals surface area (Å²) in [6, 6.07) is 9.97. The summed E-state index contributed by atoms with van der Waals surface area (Å²) in [4.78, 5) is 0. The SMILES string of the molecule is CC(C)S(=O)(=O)C[C@H]1Cc2ccc(Cc3cc(CNCCO)cc(C(F)(F)F)c3)cc2C1. The summed E-state index contributed by atoms with van der Waals surface area (Å²) < 4.78 is 64.7. The van der Waals surface area contributed by atoms with Gasteiger partial charge in [0.05, 0.1) is 23.2 Å². The number of aliphatic hydroxyl groups excluding tert-OH is 1. The minimum atomic E-state index is -4.44. The Bertz CT molecular complexity index is 1050. The van der Waals surface area contributed by atoms with Crippen molar-refractivity contribution >= 4 is 9.84 Å². The standard InChI is InChI=1S/C24H30F3NO3S/c1-16(2)32(30,31)15-20-10-21-4-3-17(9-22(21)11-20)7-18-8-19(14-28-5-6-29)13-23(12-18)24(25,26)27/h3-4,8-9,12-13,16,20,28-29H,5-7,10-11,14-15H2,1-2H3/t20-/m0/s1. The number of fused-ring (bicyclic) bond motifs is 1. The van der Waals surface area contributed by atoms with Crippen LogP contribution in [-0.2, 0) is 41.8 Å². The first-order valence-electron chi connectivity index (χ1n) is 10.8. The second-order valence-electron chi connectivity index (χ2n) is 8.87. The normalized spacial score (nSPS) is 16.5. The van der Waals surface area contributed by atoms with Crippen molar-refractivity contribution in [2.45, 2.75) is 51.1 Å². The molecule has 0 unspecified atom stereocenters. The predicted molar refractivity (Wildman–Crippen MR) is 119 cm³/mol. The molecule has 176 valence electrons. The van der Waals surface area contributed by atoms with Crippen molar-refractivity contribution < 1.29 is 26.7 Å². The number of rotatable bonds is 9. The van der Waals surface area contributed by atoms with E-state index in [1.54, 1.807) is 19.9 Å². The van der Waals surface area contributed by atoms with Crippen LogP contribution in [0.5, 0.6) is 0 Å². The van der Waals surface area contributed by atoms with Crippen molar-refractivity contribution in [1.29, 1.82) is 0 Å². The highest BCUT2D eigenvalue weighted by atomic mass is 32.2. The van der Waals surface area contributed by atoms with E-state index in [1.165, 1.54) is 6.07 Å². The molecule has 2 N–H and O–H groups in total. The van der Waals surface area contributed by atoms with Crippen molar-refractivity contribution in [3.8, 4) is 0 Å². The topological polar surface area (TPSA) is 66.4 Å². The third-order valence-corrected chi connectivity index (χ3v) is 8.25. The molecular weight excluding hydrogens is 439 g/mol. The van der Waals surface area contributed by atoms with Gasteiger partial charge in [0.15, 0.2) is 9.84 Å². The zero-order chi connectivity index (χ0) is 23.5. The zero-order valence-corrected chi connectivity index (χ0v) is 19.2. The molecule has 0 heterocycles. The molecule has 0 spiro atoms. The lowest BCUT2D eigenvalue weighted by molar-refractivity contribution is -0.137. The molecular formula is C24H30F3NO3S. The van der Waals surface area contributed by atoms with Crippen LogP contribution >= 0.6 is 0 Å². The molecule has 3 rings (SSSR count). The van der Waals surface area contributed by atoms with Gasteiger partial charge < -0.3 is 10.4 Å². The number of halogens is 3. The summed E-state index contributed by atoms with van der Waals surface area (Å²) in [5.41, 5.74) is 3.51. The van der Waals surface area contributed by atoms with E-state index in [-0.39, 0.29) is 24.8 Å². The van der Waals surface area contributed by atoms with Gasteiger partial charge in [-0.25, -0.2) is 8.42 Å². The Labute approximate surface area is 187 Å². The van der Waals surface area contributed by atoms with Crippen LogP contribution < -0.4 is 5.32 Å². The number of hydrogen-bond acceptors (Lipinski definition) is 4. The molecule has 1 aliphatic rings. The average molecular weight is 470 g/mol. The molecule has 0 amide bonds. The van der Waals surface area contributed by atoms with Crippen LogP contribution in [-0.4, -0.2) is 37.7 Å². The van der Waals surface area contributed by atoms with Crippen molar-refractivity contribution in [1.82, 2.24) is 5.32 Å². The number of sulfone groups is 1. The van der Waals surface area contributed by atoms with E-state index in [0.717, 1.165) is 22.8 Å². The fourth-order valence-electron chi connectivity index (χ4n) is 4.19. The van der Waals surface area contributed by atoms with Gasteiger partial charge in [-0.1, -0.05) is 24.3 Å². The highest BCUT2D eigenvalue weighted by Gasteiger charge is 2.31. The van der Waals surface area contributed by atoms with Crippen molar-refractivity contribution in [3.05, 3.63) is 69.8 Å². The Morgan fingerprint density at radius 2 is 1.72 bits per heavy atom. The van der Waals surface area contributed by atoms with Gasteiger partial charge in [0.1, 0.15) is 0 Å². The highest BCUT2D eigenvalue weighted by Crippen LogP contribution is 2.33. The van der Waals surface area contributed by atoms with Crippen LogP contribution in [0, 0.1) is 5.92 Å². The molecule has 0 saturated carbocycles. The van der Waals surface area contributed by atoms with Crippen molar-refractivity contribution in [2.75, 3.05) is 18.9 Å². The van der Waals surface area contributed by atoms with E-state index in [1.807, 2.05) is 18.2 Å². The first-order valence-corrected chi connectivity index (χ1v) is 12.5. The van der Waals surface area contributed by atoms with Gasteiger partial charge in [-0.15, -0.1) is 0 Å². The molecule has 1 aliphatic carbocycles. The van der Waals surface area contributed by atoms with Gasteiger partial charge in [0, 0.05) is 13.1 Å². The molecule has 0 aliphatic heterocycles. The van der Waals surface area contributed by atoms with Gasteiger partial charge in [0.2, 0.25) is 0 Å². The number of aliphatic hydroxyl groups is 1. The maximum atomic E-state index is 13.4. The van der Waals surface area contributed by atoms with E-state index in [9.17, 15) is 21.6 Å². The smallest absolute Gasteiger partial charge is 0.395 e. The molecule has 8 heteroatoms. The van der Waals surface area contributed by atoms with Gasteiger partial charge in [0.25, 0.3) is 0 Å². The molecule has 0 aromatic heterocycles. The Morgan fingerprint density at radius 1 is 1.03 bits per heavy atom. The fraction of sp³-hybridized carbons (Fsp3) is 0.500. The average Bonchev–Trinajstić information content (AvgIpc) is 3.08. The van der Waals surface area contributed by atoms with Gasteiger partial charge in [-0.05, 0) is 79.0 Å². The summed E-state index contributed by atoms with van der Waals surface area (Å²) in [5, 5.41) is 11.4. The van der Waals surface area contributed by atoms with Crippen LogP contribution in [0.1, 0.15) is 47.2 Å². The number of alkyl halides is 3. The fourth-order valence-corrected chi connectivity index (χ4v) is 5.47. The van der Waals surface area contributed by atoms with Gasteiger partial charge >= 0.3 is 6.18 Å². The summed E-state index contributed by atoms with van der Waals surface area (Å²) in [6.07, 6.45) is -2.69. The summed E-state index contributed by atoms with van der Waals surface area (Å²) in [5.74, 6) is 0.206. The largest absolute Gasteiger partial charge is 0.416 e. The number of hydrogen-bond donors (Lipinski definition) is 2. The maximum Gasteiger partial charge on any atom is 0.416 e. The molecule has 1 atom stereocenters. The van der Waals surface area contributed by atoms with E-state index < -0.39 is 26.8 Å². The quantitative estimate of drug-likeness (QED) is 0.547. The molecule has 0 saturated heterocycles. The minimum absolute atomic E-state index is 0.0467. The Morgan fingerprint density at radius 3 is 2.38 bits per heavy atom. The Kier molecular flexibility index (Phi) is 7.68. The van der Waals surface area contributed by atoms with Crippen molar-refractivity contribution in [2.24, 2.45) is 5.92 Å². The molecule has 2 aromatic rings. The lowest BCUT2D eigenvalue weighted by atomic mass is 9.97. The van der Waals surface area contributed by atoms with Gasteiger partial charge in [-0.3, -0.25) is 0 Å². The zero-order valence-electron chi connectivity index (χ0n) is 18.4. The lowest BCUT2D eigenvalue weighted by Gasteiger charge is -2.13. The van der Waals surface area contributed by atoms with E-state index in [0.29, 0.717) is 36.9 Å². The second kappa shape index (κ2) is 9.93. The molecule has 2 aromatic carbocycles. The Hall–Kier alpha value is -1.90. The first-order chi connectivity index (χ1) is 15.0. The minimum Gasteiger partial charge on any atom is -0.395 e. The summed E-state index contributed by atoms with van der Waals surface area (Å²) >= 11 is 0. The van der Waals surface area contributed by atoms with Crippen LogP contribution in [0.4, 0.5) is 13.2 Å². The van der Waals surface area contributed by atoms with Crippen LogP contribution in [0.3, 0.4) is 0 Å². The summed E-state index contributed by atoms with van der Waals surface area (Å²) in [6.45, 7) is 3.86. The van der Waals surface area contributed by atoms with E-state index >= 15 is 0 Å². The number of nitrogens with one attached hydrogen (secondary N) is 1. The van der Waals surface area contributed by atoms with Gasteiger partial charge in [-0.2, -0.15) is 13.2 Å². The predicted octanol–water partition coefficient (Wildman–Crippen LogP) is 3.92. The van der Waals surface area contributed by atoms with Crippen molar-refractivity contribution in [3.63, 3.8) is 0 Å². The van der Waals surface area contributed by atoms with E-state index in [2.05, 4.69) is 5.32 Å². The molecule has 0 radical (unpaired) electrons. The monoisotopic (exact) mass is 469 g/mol. The number of benzene rings is 2. The Balaban J connectivity index is 1.77. The van der Waals surface area contributed by atoms with Crippen LogP contribution in [0.25, 0.3) is 0 Å². The van der Waals surface area contributed by atoms with Crippen LogP contribution in [0.15, 0.2) is 36.4 Å².